The fourth-order valence-corrected chi connectivity index (χ4v) is 1.59. The first-order valence-corrected chi connectivity index (χ1v) is 4.65. The van der Waals surface area contributed by atoms with Crippen molar-refractivity contribution < 1.29 is 4.39 Å². The van der Waals surface area contributed by atoms with Gasteiger partial charge in [-0.1, -0.05) is 18.7 Å². The van der Waals surface area contributed by atoms with Crippen LogP contribution in [-0.2, 0) is 0 Å². The topological polar surface area (TPSA) is 0 Å². The zero-order valence-electron chi connectivity index (χ0n) is 7.81. The predicted octanol–water partition coefficient (Wildman–Crippen LogP) is 3.65. The van der Waals surface area contributed by atoms with E-state index in [0.717, 1.165) is 11.1 Å². The lowest BCUT2D eigenvalue weighted by molar-refractivity contribution is 0.615. The van der Waals surface area contributed by atoms with Crippen molar-refractivity contribution in [1.29, 1.82) is 0 Å². The highest BCUT2D eigenvalue weighted by Crippen LogP contribution is 2.41. The van der Waals surface area contributed by atoms with Crippen LogP contribution in [0, 0.1) is 12.7 Å². The predicted molar refractivity (Wildman–Crippen MR) is 53.2 cm³/mol. The van der Waals surface area contributed by atoms with Gasteiger partial charge in [-0.05, 0) is 48.4 Å². The van der Waals surface area contributed by atoms with Crippen molar-refractivity contribution in [2.75, 3.05) is 0 Å². The molecule has 1 aromatic rings. The molecule has 1 aromatic carbocycles. The standard InChI is InChI=1S/C12H13F/c1-3-9-6-11(10-4-5-10)7-12(13)8(9)2/h3,6-7,10H,1,4-5H2,2H3. The van der Waals surface area contributed by atoms with Crippen molar-refractivity contribution in [2.24, 2.45) is 0 Å². The van der Waals surface area contributed by atoms with Crippen LogP contribution in [0.1, 0.15) is 35.4 Å². The van der Waals surface area contributed by atoms with Gasteiger partial charge in [-0.15, -0.1) is 0 Å². The highest BCUT2D eigenvalue weighted by atomic mass is 19.1. The molecule has 0 aliphatic heterocycles. The molecule has 0 radical (unpaired) electrons. The summed E-state index contributed by atoms with van der Waals surface area (Å²) in [7, 11) is 0. The summed E-state index contributed by atoms with van der Waals surface area (Å²) in [6.45, 7) is 5.48. The molecule has 1 fully saturated rings. The van der Waals surface area contributed by atoms with Crippen LogP contribution in [0.5, 0.6) is 0 Å². The zero-order chi connectivity index (χ0) is 9.42. The third kappa shape index (κ3) is 1.51. The maximum Gasteiger partial charge on any atom is 0.126 e. The Labute approximate surface area is 78.1 Å². The van der Waals surface area contributed by atoms with Gasteiger partial charge in [0.25, 0.3) is 0 Å². The highest BCUT2D eigenvalue weighted by molar-refractivity contribution is 5.54. The number of benzene rings is 1. The maximum atomic E-state index is 13.4. The van der Waals surface area contributed by atoms with E-state index in [-0.39, 0.29) is 5.82 Å². The summed E-state index contributed by atoms with van der Waals surface area (Å²) >= 11 is 0. The van der Waals surface area contributed by atoms with Crippen LogP contribution < -0.4 is 0 Å². The molecular formula is C12H13F. The number of hydrogen-bond donors (Lipinski definition) is 0. The van der Waals surface area contributed by atoms with Gasteiger partial charge in [-0.3, -0.25) is 0 Å². The third-order valence-electron chi connectivity index (χ3n) is 2.68. The van der Waals surface area contributed by atoms with Crippen molar-refractivity contribution in [3.8, 4) is 0 Å². The van der Waals surface area contributed by atoms with E-state index in [9.17, 15) is 4.39 Å². The van der Waals surface area contributed by atoms with Crippen molar-refractivity contribution in [3.05, 3.63) is 41.2 Å². The minimum absolute atomic E-state index is 0.0979. The number of halogens is 1. The summed E-state index contributed by atoms with van der Waals surface area (Å²) in [5.74, 6) is 0.508. The summed E-state index contributed by atoms with van der Waals surface area (Å²) in [5, 5.41) is 0. The van der Waals surface area contributed by atoms with Crippen molar-refractivity contribution in [1.82, 2.24) is 0 Å². The minimum Gasteiger partial charge on any atom is -0.207 e. The van der Waals surface area contributed by atoms with Crippen LogP contribution in [0.4, 0.5) is 4.39 Å². The molecule has 0 bridgehead atoms. The SMILES string of the molecule is C=Cc1cc(C2CC2)cc(F)c1C. The van der Waals surface area contributed by atoms with E-state index in [0.29, 0.717) is 11.5 Å². The van der Waals surface area contributed by atoms with Crippen LogP contribution in [-0.4, -0.2) is 0 Å². The van der Waals surface area contributed by atoms with E-state index < -0.39 is 0 Å². The molecule has 0 aromatic heterocycles. The Morgan fingerprint density at radius 3 is 2.69 bits per heavy atom. The van der Waals surface area contributed by atoms with Gasteiger partial charge in [0.05, 0.1) is 0 Å². The molecule has 2 rings (SSSR count). The van der Waals surface area contributed by atoms with Crippen LogP contribution >= 0.6 is 0 Å². The van der Waals surface area contributed by atoms with E-state index in [4.69, 9.17) is 0 Å². The first-order valence-electron chi connectivity index (χ1n) is 4.65. The molecule has 0 heterocycles. The van der Waals surface area contributed by atoms with E-state index in [1.54, 1.807) is 19.1 Å². The van der Waals surface area contributed by atoms with E-state index in [1.165, 1.54) is 12.8 Å². The molecule has 0 saturated heterocycles. The molecule has 1 aliphatic rings. The Hall–Kier alpha value is -1.11. The normalized spacial score (nSPS) is 15.8. The molecule has 13 heavy (non-hydrogen) atoms. The summed E-state index contributed by atoms with van der Waals surface area (Å²) in [6, 6.07) is 3.73. The van der Waals surface area contributed by atoms with Gasteiger partial charge in [0, 0.05) is 0 Å². The van der Waals surface area contributed by atoms with Crippen molar-refractivity contribution in [2.45, 2.75) is 25.7 Å². The summed E-state index contributed by atoms with van der Waals surface area (Å²) in [4.78, 5) is 0. The molecule has 1 heteroatoms. The first-order chi connectivity index (χ1) is 6.22. The fraction of sp³-hybridized carbons (Fsp3) is 0.333. The Balaban J connectivity index is 2.49. The maximum absolute atomic E-state index is 13.4. The van der Waals surface area contributed by atoms with Crippen LogP contribution in [0.3, 0.4) is 0 Å². The van der Waals surface area contributed by atoms with Gasteiger partial charge < -0.3 is 0 Å². The molecular weight excluding hydrogens is 163 g/mol. The van der Waals surface area contributed by atoms with E-state index >= 15 is 0 Å². The Morgan fingerprint density at radius 2 is 2.15 bits per heavy atom. The van der Waals surface area contributed by atoms with Crippen LogP contribution in [0.2, 0.25) is 0 Å². The summed E-state index contributed by atoms with van der Waals surface area (Å²) < 4.78 is 13.4. The molecule has 1 saturated carbocycles. The van der Waals surface area contributed by atoms with Gasteiger partial charge in [0.2, 0.25) is 0 Å². The molecule has 1 aliphatic carbocycles. The van der Waals surface area contributed by atoms with Crippen molar-refractivity contribution in [3.63, 3.8) is 0 Å². The Kier molecular flexibility index (Phi) is 1.95. The third-order valence-corrected chi connectivity index (χ3v) is 2.68. The molecule has 0 spiro atoms. The smallest absolute Gasteiger partial charge is 0.126 e. The van der Waals surface area contributed by atoms with Gasteiger partial charge in [0.15, 0.2) is 0 Å². The van der Waals surface area contributed by atoms with Gasteiger partial charge in [-0.2, -0.15) is 0 Å². The Bertz CT molecular complexity index is 348. The zero-order valence-corrected chi connectivity index (χ0v) is 7.81. The average Bonchev–Trinajstić information content (AvgIpc) is 2.92. The molecule has 0 nitrogen and oxygen atoms in total. The van der Waals surface area contributed by atoms with Crippen LogP contribution in [0.15, 0.2) is 18.7 Å². The molecule has 0 amide bonds. The highest BCUT2D eigenvalue weighted by Gasteiger charge is 2.24. The quantitative estimate of drug-likeness (QED) is 0.645. The minimum atomic E-state index is -0.0979. The second kappa shape index (κ2) is 2.99. The van der Waals surface area contributed by atoms with Crippen LogP contribution in [0.25, 0.3) is 6.08 Å². The fourth-order valence-electron chi connectivity index (χ4n) is 1.59. The summed E-state index contributed by atoms with van der Waals surface area (Å²) in [5.41, 5.74) is 2.78. The van der Waals surface area contributed by atoms with Gasteiger partial charge >= 0.3 is 0 Å². The lowest BCUT2D eigenvalue weighted by Crippen LogP contribution is -1.91. The van der Waals surface area contributed by atoms with Gasteiger partial charge in [0.1, 0.15) is 5.82 Å². The molecule has 0 N–H and O–H groups in total. The van der Waals surface area contributed by atoms with Crippen molar-refractivity contribution >= 4 is 6.08 Å². The first kappa shape index (κ1) is 8.49. The molecule has 68 valence electrons. The van der Waals surface area contributed by atoms with E-state index in [2.05, 4.69) is 12.6 Å². The number of hydrogen-bond acceptors (Lipinski definition) is 0. The monoisotopic (exact) mass is 176 g/mol. The lowest BCUT2D eigenvalue weighted by Gasteiger charge is -2.05. The molecule has 0 atom stereocenters. The second-order valence-corrected chi connectivity index (χ2v) is 3.70. The average molecular weight is 176 g/mol. The largest absolute Gasteiger partial charge is 0.207 e. The lowest BCUT2D eigenvalue weighted by atomic mass is 10.0. The molecule has 0 unspecified atom stereocenters. The second-order valence-electron chi connectivity index (χ2n) is 3.70. The van der Waals surface area contributed by atoms with Gasteiger partial charge in [-0.25, -0.2) is 4.39 Å². The summed E-state index contributed by atoms with van der Waals surface area (Å²) in [6.07, 6.45) is 4.14. The van der Waals surface area contributed by atoms with E-state index in [1.807, 2.05) is 0 Å². The number of rotatable bonds is 2. The Morgan fingerprint density at radius 1 is 1.46 bits per heavy atom.